The van der Waals surface area contributed by atoms with Crippen LogP contribution in [0.1, 0.15) is 18.1 Å². The van der Waals surface area contributed by atoms with E-state index in [9.17, 15) is 4.79 Å². The molecule has 0 aliphatic carbocycles. The second-order valence-corrected chi connectivity index (χ2v) is 6.84. The number of nitrogens with one attached hydrogen (secondary N) is 1. The topological polar surface area (TPSA) is 35.6 Å². The van der Waals surface area contributed by atoms with Crippen LogP contribution in [0.5, 0.6) is 0 Å². The summed E-state index contributed by atoms with van der Waals surface area (Å²) in [4.78, 5) is 16.5. The summed E-state index contributed by atoms with van der Waals surface area (Å²) in [5, 5.41) is 3.13. The van der Waals surface area contributed by atoms with E-state index in [1.54, 1.807) is 6.92 Å². The molecule has 1 aliphatic rings. The Kier molecular flexibility index (Phi) is 6.20. The molecule has 1 aliphatic heterocycles. The summed E-state index contributed by atoms with van der Waals surface area (Å²) in [5.74, 6) is 0.0474. The van der Waals surface area contributed by atoms with Crippen LogP contribution in [0.25, 0.3) is 0 Å². The summed E-state index contributed by atoms with van der Waals surface area (Å²) in [6.45, 7) is 7.26. The Morgan fingerprint density at radius 1 is 0.880 bits per heavy atom. The van der Waals surface area contributed by atoms with Gasteiger partial charge in [0.05, 0.1) is 6.04 Å². The van der Waals surface area contributed by atoms with Gasteiger partial charge in [0.1, 0.15) is 0 Å². The Labute approximate surface area is 150 Å². The Morgan fingerprint density at radius 3 is 1.72 bits per heavy atom. The average Bonchev–Trinajstić information content (AvgIpc) is 2.78. The van der Waals surface area contributed by atoms with E-state index in [0.29, 0.717) is 0 Å². The van der Waals surface area contributed by atoms with Crippen molar-refractivity contribution in [3.63, 3.8) is 0 Å². The highest BCUT2D eigenvalue weighted by Crippen LogP contribution is 2.12. The van der Waals surface area contributed by atoms with Gasteiger partial charge in [-0.1, -0.05) is 60.7 Å². The van der Waals surface area contributed by atoms with Crippen LogP contribution < -0.4 is 5.32 Å². The number of nitrogens with zero attached hydrogens (tertiary/aromatic N) is 2. The van der Waals surface area contributed by atoms with Crippen LogP contribution in [0.2, 0.25) is 0 Å². The standard InChI is InChI=1S/C21H27N3O/c1-18(25)22-21-16-23(14-19-8-4-2-5-9-19)12-13-24(17-21)15-20-10-6-3-7-11-20/h2-11,21H,12-17H2,1H3,(H,22,25). The molecule has 0 saturated carbocycles. The minimum Gasteiger partial charge on any atom is -0.351 e. The monoisotopic (exact) mass is 337 g/mol. The predicted molar refractivity (Wildman–Crippen MR) is 101 cm³/mol. The lowest BCUT2D eigenvalue weighted by molar-refractivity contribution is -0.119. The maximum absolute atomic E-state index is 11.6. The highest BCUT2D eigenvalue weighted by atomic mass is 16.1. The van der Waals surface area contributed by atoms with Crippen molar-refractivity contribution in [1.29, 1.82) is 0 Å². The Hall–Kier alpha value is -2.17. The first-order chi connectivity index (χ1) is 12.2. The fourth-order valence-corrected chi connectivity index (χ4v) is 3.50. The summed E-state index contributed by atoms with van der Waals surface area (Å²) in [7, 11) is 0. The molecule has 1 heterocycles. The van der Waals surface area contributed by atoms with Crippen molar-refractivity contribution in [3.8, 4) is 0 Å². The van der Waals surface area contributed by atoms with Gasteiger partial charge in [-0.25, -0.2) is 0 Å². The minimum absolute atomic E-state index is 0.0474. The first kappa shape index (κ1) is 17.6. The van der Waals surface area contributed by atoms with Gasteiger partial charge in [0.25, 0.3) is 0 Å². The van der Waals surface area contributed by atoms with Crippen molar-refractivity contribution in [2.45, 2.75) is 26.1 Å². The molecule has 0 bridgehead atoms. The molecule has 1 fully saturated rings. The van der Waals surface area contributed by atoms with Crippen LogP contribution in [0.3, 0.4) is 0 Å². The van der Waals surface area contributed by atoms with Gasteiger partial charge in [0, 0.05) is 46.2 Å². The van der Waals surface area contributed by atoms with Crippen LogP contribution >= 0.6 is 0 Å². The molecule has 3 rings (SSSR count). The second kappa shape index (κ2) is 8.79. The highest BCUT2D eigenvalue weighted by Gasteiger charge is 2.23. The first-order valence-electron chi connectivity index (χ1n) is 8.99. The van der Waals surface area contributed by atoms with Crippen LogP contribution in [-0.4, -0.2) is 47.9 Å². The van der Waals surface area contributed by atoms with E-state index in [2.05, 4.69) is 63.6 Å². The summed E-state index contributed by atoms with van der Waals surface area (Å²) < 4.78 is 0. The molecule has 2 aromatic rings. The van der Waals surface area contributed by atoms with Gasteiger partial charge < -0.3 is 5.32 Å². The average molecular weight is 337 g/mol. The zero-order chi connectivity index (χ0) is 17.5. The fraction of sp³-hybridized carbons (Fsp3) is 0.381. The predicted octanol–water partition coefficient (Wildman–Crippen LogP) is 2.51. The lowest BCUT2D eigenvalue weighted by Gasteiger charge is -2.25. The molecule has 1 N–H and O–H groups in total. The number of hydrogen-bond donors (Lipinski definition) is 1. The van der Waals surface area contributed by atoms with Crippen molar-refractivity contribution < 1.29 is 4.79 Å². The molecule has 0 spiro atoms. The van der Waals surface area contributed by atoms with Crippen molar-refractivity contribution >= 4 is 5.91 Å². The number of carbonyl (C=O) groups is 1. The molecular weight excluding hydrogens is 310 g/mol. The molecule has 1 saturated heterocycles. The number of rotatable bonds is 5. The molecule has 0 atom stereocenters. The van der Waals surface area contributed by atoms with Crippen LogP contribution in [0.4, 0.5) is 0 Å². The fourth-order valence-electron chi connectivity index (χ4n) is 3.50. The maximum atomic E-state index is 11.6. The Bertz CT molecular complexity index is 608. The van der Waals surface area contributed by atoms with Gasteiger partial charge in [-0.15, -0.1) is 0 Å². The lowest BCUT2D eigenvalue weighted by atomic mass is 10.2. The van der Waals surface area contributed by atoms with Crippen molar-refractivity contribution in [2.24, 2.45) is 0 Å². The first-order valence-corrected chi connectivity index (χ1v) is 8.99. The number of amides is 1. The Balaban J connectivity index is 1.66. The van der Waals surface area contributed by atoms with E-state index in [0.717, 1.165) is 39.3 Å². The van der Waals surface area contributed by atoms with Gasteiger partial charge in [-0.3, -0.25) is 14.6 Å². The van der Waals surface area contributed by atoms with Gasteiger partial charge in [0.2, 0.25) is 5.91 Å². The SMILES string of the molecule is CC(=O)NC1CN(Cc2ccccc2)CCN(Cc2ccccc2)C1. The van der Waals surface area contributed by atoms with Crippen LogP contribution in [-0.2, 0) is 17.9 Å². The molecule has 4 heteroatoms. The third-order valence-electron chi connectivity index (χ3n) is 4.60. The van der Waals surface area contributed by atoms with E-state index in [4.69, 9.17) is 0 Å². The van der Waals surface area contributed by atoms with Crippen molar-refractivity contribution in [3.05, 3.63) is 71.8 Å². The number of carbonyl (C=O) groups excluding carboxylic acids is 1. The number of benzene rings is 2. The van der Waals surface area contributed by atoms with Crippen LogP contribution in [0, 0.1) is 0 Å². The molecule has 2 aromatic carbocycles. The Morgan fingerprint density at radius 2 is 1.32 bits per heavy atom. The summed E-state index contributed by atoms with van der Waals surface area (Å²) in [6, 6.07) is 21.3. The van der Waals surface area contributed by atoms with Gasteiger partial charge in [-0.2, -0.15) is 0 Å². The zero-order valence-electron chi connectivity index (χ0n) is 14.9. The van der Waals surface area contributed by atoms with Gasteiger partial charge in [0.15, 0.2) is 0 Å². The van der Waals surface area contributed by atoms with E-state index in [-0.39, 0.29) is 11.9 Å². The third kappa shape index (κ3) is 5.69. The van der Waals surface area contributed by atoms with Crippen molar-refractivity contribution in [1.82, 2.24) is 15.1 Å². The normalized spacial score (nSPS) is 17.2. The lowest BCUT2D eigenvalue weighted by Crippen LogP contribution is -2.45. The highest BCUT2D eigenvalue weighted by molar-refractivity contribution is 5.73. The molecule has 0 aromatic heterocycles. The summed E-state index contributed by atoms with van der Waals surface area (Å²) in [6.07, 6.45) is 0. The zero-order valence-corrected chi connectivity index (χ0v) is 14.9. The van der Waals surface area contributed by atoms with E-state index < -0.39 is 0 Å². The third-order valence-corrected chi connectivity index (χ3v) is 4.60. The van der Waals surface area contributed by atoms with E-state index in [1.807, 2.05) is 12.1 Å². The van der Waals surface area contributed by atoms with E-state index in [1.165, 1.54) is 11.1 Å². The summed E-state index contributed by atoms with van der Waals surface area (Å²) >= 11 is 0. The minimum atomic E-state index is 0.0474. The second-order valence-electron chi connectivity index (χ2n) is 6.84. The van der Waals surface area contributed by atoms with E-state index >= 15 is 0 Å². The molecule has 0 unspecified atom stereocenters. The van der Waals surface area contributed by atoms with Crippen LogP contribution in [0.15, 0.2) is 60.7 Å². The number of hydrogen-bond acceptors (Lipinski definition) is 3. The molecule has 132 valence electrons. The van der Waals surface area contributed by atoms with Gasteiger partial charge in [-0.05, 0) is 11.1 Å². The molecule has 1 amide bonds. The molecule has 0 radical (unpaired) electrons. The maximum Gasteiger partial charge on any atom is 0.217 e. The molecular formula is C21H27N3O. The van der Waals surface area contributed by atoms with Gasteiger partial charge >= 0.3 is 0 Å². The smallest absolute Gasteiger partial charge is 0.217 e. The summed E-state index contributed by atoms with van der Waals surface area (Å²) in [5.41, 5.74) is 2.64. The largest absolute Gasteiger partial charge is 0.351 e. The quantitative estimate of drug-likeness (QED) is 0.911. The van der Waals surface area contributed by atoms with Crippen molar-refractivity contribution in [2.75, 3.05) is 26.2 Å². The molecule has 4 nitrogen and oxygen atoms in total. The molecule has 25 heavy (non-hydrogen) atoms.